The number of thioether (sulfide) groups is 1. The zero-order valence-corrected chi connectivity index (χ0v) is 26.1. The monoisotopic (exact) mass is 654 g/mol. The summed E-state index contributed by atoms with van der Waals surface area (Å²) < 4.78 is 78.2. The van der Waals surface area contributed by atoms with E-state index >= 15 is 8.78 Å². The standard InChI is InChI=1S/C33H35F5O6S/c1-5-27(42)44-32(28(43)45-16-25(40)18-6-8-19(9-7-18)33(36,37)38)17(2)12-21-22-14-24(34)23-13-20(39)10-11-29(23,3)31(22,35)26(41)15-30(21,32)4/h6-11,17,21-22,26,41H,5,12-16H2,1-4H3/t17-,21?,22?,26+,29+,30+,31+,32+/m1/s1. The molecule has 1 aromatic carbocycles. The van der Waals surface area contributed by atoms with Gasteiger partial charge in [-0.1, -0.05) is 50.7 Å². The predicted octanol–water partition coefficient (Wildman–Crippen LogP) is 6.75. The highest BCUT2D eigenvalue weighted by Crippen LogP contribution is 2.72. The lowest BCUT2D eigenvalue weighted by atomic mass is 9.45. The number of esters is 1. The molecule has 1 N–H and O–H groups in total. The van der Waals surface area contributed by atoms with E-state index in [0.29, 0.717) is 11.8 Å². The van der Waals surface area contributed by atoms with Crippen LogP contribution < -0.4 is 0 Å². The fraction of sp³-hybridized carbons (Fsp3) is 0.576. The Kier molecular flexibility index (Phi) is 8.29. The van der Waals surface area contributed by atoms with Gasteiger partial charge < -0.3 is 9.84 Å². The molecule has 1 aromatic rings. The summed E-state index contributed by atoms with van der Waals surface area (Å²) in [5.74, 6) is -5.42. The molecule has 2 fully saturated rings. The van der Waals surface area contributed by atoms with Crippen molar-refractivity contribution in [3.05, 3.63) is 58.9 Å². The summed E-state index contributed by atoms with van der Waals surface area (Å²) in [6, 6.07) is 3.57. The lowest BCUT2D eigenvalue weighted by molar-refractivity contribution is -0.223. The van der Waals surface area contributed by atoms with Crippen LogP contribution in [0.3, 0.4) is 0 Å². The average molecular weight is 655 g/mol. The van der Waals surface area contributed by atoms with Crippen molar-refractivity contribution < 1.29 is 51.0 Å². The number of hydrogen-bond donors (Lipinski definition) is 1. The molecular weight excluding hydrogens is 619 g/mol. The molecule has 8 atom stereocenters. The van der Waals surface area contributed by atoms with Gasteiger partial charge in [-0.15, -0.1) is 0 Å². The Morgan fingerprint density at radius 3 is 2.36 bits per heavy atom. The molecule has 5 rings (SSSR count). The molecule has 244 valence electrons. The Morgan fingerprint density at radius 2 is 1.76 bits per heavy atom. The number of alkyl halides is 4. The second-order valence-corrected chi connectivity index (χ2v) is 14.1. The van der Waals surface area contributed by atoms with Crippen molar-refractivity contribution in [2.75, 3.05) is 5.75 Å². The van der Waals surface area contributed by atoms with Gasteiger partial charge in [0.25, 0.3) is 0 Å². The van der Waals surface area contributed by atoms with Crippen molar-refractivity contribution in [1.29, 1.82) is 0 Å². The number of Topliss-reactive ketones (excluding diaryl/α,β-unsaturated/α-hetero) is 1. The Morgan fingerprint density at radius 1 is 1.11 bits per heavy atom. The molecule has 4 aliphatic carbocycles. The van der Waals surface area contributed by atoms with E-state index < -0.39 is 92.6 Å². The van der Waals surface area contributed by atoms with Gasteiger partial charge in [0.1, 0.15) is 5.83 Å². The van der Waals surface area contributed by atoms with E-state index in [9.17, 15) is 37.5 Å². The molecule has 0 radical (unpaired) electrons. The topological polar surface area (TPSA) is 97.7 Å². The summed E-state index contributed by atoms with van der Waals surface area (Å²) in [5, 5.41) is 10.9. The highest BCUT2D eigenvalue weighted by molar-refractivity contribution is 8.14. The lowest BCUT2D eigenvalue weighted by Gasteiger charge is -2.62. The molecule has 0 amide bonds. The van der Waals surface area contributed by atoms with E-state index in [0.717, 1.165) is 24.3 Å². The first kappa shape index (κ1) is 33.5. The summed E-state index contributed by atoms with van der Waals surface area (Å²) >= 11 is 0.548. The Bertz CT molecular complexity index is 1500. The average Bonchev–Trinajstić information content (AvgIpc) is 3.19. The molecule has 45 heavy (non-hydrogen) atoms. The number of benzene rings is 1. The number of ether oxygens (including phenoxy) is 1. The van der Waals surface area contributed by atoms with Crippen molar-refractivity contribution in [2.45, 2.75) is 83.3 Å². The second-order valence-electron chi connectivity index (χ2n) is 13.2. The molecular formula is C33H35F5O6S. The third-order valence-corrected chi connectivity index (χ3v) is 11.9. The van der Waals surface area contributed by atoms with E-state index in [4.69, 9.17) is 4.74 Å². The number of halogens is 5. The summed E-state index contributed by atoms with van der Waals surface area (Å²) in [4.78, 5) is 52.2. The van der Waals surface area contributed by atoms with Crippen LogP contribution in [-0.4, -0.2) is 50.9 Å². The Hall–Kier alpha value is -2.86. The number of ketones is 2. The van der Waals surface area contributed by atoms with Gasteiger partial charge >= 0.3 is 12.1 Å². The van der Waals surface area contributed by atoms with Crippen molar-refractivity contribution in [2.24, 2.45) is 28.6 Å². The van der Waals surface area contributed by atoms with E-state index in [1.165, 1.54) is 26.0 Å². The molecule has 0 bridgehead atoms. The second kappa shape index (κ2) is 11.1. The SMILES string of the molecule is CCC(=O)O[C@]1(C(=O)SCC(=O)c2ccc(C(F)(F)F)cc2)[C@H](C)CC2C3CC(F)=C4CC(=O)C=C[C@]4(C)[C@@]3(F)[C@@H](O)C[C@@]21C. The van der Waals surface area contributed by atoms with Gasteiger partial charge in [-0.2, -0.15) is 13.2 Å². The highest BCUT2D eigenvalue weighted by atomic mass is 32.2. The normalized spacial score (nSPS) is 37.5. The third kappa shape index (κ3) is 4.84. The van der Waals surface area contributed by atoms with Crippen LogP contribution in [0, 0.1) is 28.6 Å². The zero-order chi connectivity index (χ0) is 33.3. The fourth-order valence-electron chi connectivity index (χ4n) is 8.61. The van der Waals surface area contributed by atoms with Gasteiger partial charge in [-0.3, -0.25) is 19.2 Å². The van der Waals surface area contributed by atoms with E-state index in [2.05, 4.69) is 0 Å². The van der Waals surface area contributed by atoms with Crippen LogP contribution in [0.5, 0.6) is 0 Å². The van der Waals surface area contributed by atoms with E-state index in [1.807, 2.05) is 0 Å². The maximum atomic E-state index is 17.6. The highest BCUT2D eigenvalue weighted by Gasteiger charge is 2.77. The molecule has 0 heterocycles. The van der Waals surface area contributed by atoms with Gasteiger partial charge in [0.15, 0.2) is 22.8 Å². The third-order valence-electron chi connectivity index (χ3n) is 10.9. The first-order valence-corrected chi connectivity index (χ1v) is 15.9. The van der Waals surface area contributed by atoms with Crippen LogP contribution in [0.1, 0.15) is 75.7 Å². The minimum atomic E-state index is -4.59. The zero-order valence-electron chi connectivity index (χ0n) is 25.3. The lowest BCUT2D eigenvalue weighted by Crippen LogP contribution is -2.69. The number of allylic oxidation sites excluding steroid dienone is 4. The molecule has 0 saturated heterocycles. The molecule has 0 aromatic heterocycles. The Balaban J connectivity index is 1.50. The van der Waals surface area contributed by atoms with E-state index in [1.54, 1.807) is 13.8 Å². The molecule has 2 unspecified atom stereocenters. The van der Waals surface area contributed by atoms with Crippen molar-refractivity contribution >= 4 is 34.4 Å². The number of hydrogen-bond acceptors (Lipinski definition) is 7. The predicted molar refractivity (Wildman–Crippen MR) is 155 cm³/mol. The molecule has 0 aliphatic heterocycles. The maximum Gasteiger partial charge on any atom is 0.416 e. The number of aliphatic hydroxyl groups is 1. The first-order valence-electron chi connectivity index (χ1n) is 14.9. The molecule has 0 spiro atoms. The number of carbonyl (C=O) groups excluding carboxylic acids is 4. The van der Waals surface area contributed by atoms with Crippen molar-refractivity contribution in [1.82, 2.24) is 0 Å². The molecule has 12 heteroatoms. The van der Waals surface area contributed by atoms with Gasteiger partial charge in [0.2, 0.25) is 5.12 Å². The number of rotatable bonds is 6. The smallest absolute Gasteiger partial charge is 0.416 e. The van der Waals surface area contributed by atoms with Crippen LogP contribution in [0.4, 0.5) is 22.0 Å². The minimum absolute atomic E-state index is 0.000432. The summed E-state index contributed by atoms with van der Waals surface area (Å²) in [7, 11) is 0. The van der Waals surface area contributed by atoms with Crippen LogP contribution in [0.15, 0.2) is 47.8 Å². The quantitative estimate of drug-likeness (QED) is 0.206. The van der Waals surface area contributed by atoms with Gasteiger partial charge in [-0.25, -0.2) is 8.78 Å². The number of carbonyl (C=O) groups is 4. The maximum absolute atomic E-state index is 17.6. The van der Waals surface area contributed by atoms with Gasteiger partial charge in [-0.05, 0) is 49.5 Å². The van der Waals surface area contributed by atoms with E-state index in [-0.39, 0.29) is 42.6 Å². The Labute approximate surface area is 261 Å². The molecule has 4 aliphatic rings. The summed E-state index contributed by atoms with van der Waals surface area (Å²) in [5.41, 5.74) is -8.28. The van der Waals surface area contributed by atoms with Gasteiger partial charge in [0, 0.05) is 47.5 Å². The largest absolute Gasteiger partial charge is 0.449 e. The van der Waals surface area contributed by atoms with Crippen molar-refractivity contribution in [3.8, 4) is 0 Å². The number of fused-ring (bicyclic) bond motifs is 5. The molecule has 6 nitrogen and oxygen atoms in total. The molecule has 2 saturated carbocycles. The van der Waals surface area contributed by atoms with Gasteiger partial charge in [0.05, 0.1) is 17.4 Å². The van der Waals surface area contributed by atoms with Crippen LogP contribution in [0.25, 0.3) is 0 Å². The van der Waals surface area contributed by atoms with Crippen molar-refractivity contribution in [3.63, 3.8) is 0 Å². The summed E-state index contributed by atoms with van der Waals surface area (Å²) in [6.45, 7) is 6.29. The van der Waals surface area contributed by atoms with Crippen LogP contribution in [-0.2, 0) is 25.3 Å². The number of aliphatic hydroxyl groups excluding tert-OH is 1. The first-order chi connectivity index (χ1) is 20.9. The van der Waals surface area contributed by atoms with Crippen LogP contribution >= 0.6 is 11.8 Å². The van der Waals surface area contributed by atoms with Crippen LogP contribution in [0.2, 0.25) is 0 Å². The minimum Gasteiger partial charge on any atom is -0.449 e. The fourth-order valence-corrected chi connectivity index (χ4v) is 9.73. The summed E-state index contributed by atoms with van der Waals surface area (Å²) in [6.07, 6.45) is -4.77.